The molecule has 3 rings (SSSR count). The van der Waals surface area contributed by atoms with Gasteiger partial charge < -0.3 is 10.2 Å². The Morgan fingerprint density at radius 2 is 2.25 bits per heavy atom. The van der Waals surface area contributed by atoms with Crippen molar-refractivity contribution in [1.82, 2.24) is 15.2 Å². The van der Waals surface area contributed by atoms with Crippen molar-refractivity contribution in [1.29, 1.82) is 0 Å². The molecule has 1 aliphatic heterocycles. The lowest BCUT2D eigenvalue weighted by atomic mass is 10.3. The fraction of sp³-hybridized carbons (Fsp3) is 0.308. The Morgan fingerprint density at radius 1 is 1.35 bits per heavy atom. The predicted molar refractivity (Wildman–Crippen MR) is 79.0 cm³/mol. The van der Waals surface area contributed by atoms with Crippen LogP contribution in [0, 0.1) is 0 Å². The van der Waals surface area contributed by atoms with Gasteiger partial charge in [-0.3, -0.25) is 9.59 Å². The fourth-order valence-electron chi connectivity index (χ4n) is 2.02. The molecule has 5 nitrogen and oxygen atoms in total. The molecular formula is C13H13N3O2S2. The maximum Gasteiger partial charge on any atom is 0.273 e. The van der Waals surface area contributed by atoms with E-state index in [1.165, 1.54) is 11.3 Å². The first-order chi connectivity index (χ1) is 9.74. The number of carbonyl (C=O) groups excluding carboxylic acids is 2. The summed E-state index contributed by atoms with van der Waals surface area (Å²) in [6.45, 7) is 1.50. The van der Waals surface area contributed by atoms with Gasteiger partial charge in [0.05, 0.1) is 0 Å². The quantitative estimate of drug-likeness (QED) is 0.921. The summed E-state index contributed by atoms with van der Waals surface area (Å²) < 4.78 is 0. The molecule has 20 heavy (non-hydrogen) atoms. The molecule has 0 saturated carbocycles. The van der Waals surface area contributed by atoms with E-state index in [0.717, 1.165) is 10.6 Å². The summed E-state index contributed by atoms with van der Waals surface area (Å²) in [4.78, 5) is 29.8. The van der Waals surface area contributed by atoms with Crippen molar-refractivity contribution in [3.8, 4) is 10.6 Å². The maximum atomic E-state index is 12.4. The van der Waals surface area contributed by atoms with Gasteiger partial charge in [-0.05, 0) is 11.4 Å². The fourth-order valence-corrected chi connectivity index (χ4v) is 3.53. The highest BCUT2D eigenvalue weighted by molar-refractivity contribution is 7.14. The topological polar surface area (TPSA) is 62.3 Å². The van der Waals surface area contributed by atoms with Crippen LogP contribution in [0.2, 0.25) is 0 Å². The van der Waals surface area contributed by atoms with Crippen LogP contribution in [0.25, 0.3) is 10.6 Å². The summed E-state index contributed by atoms with van der Waals surface area (Å²) in [5.74, 6) is -0.100. The van der Waals surface area contributed by atoms with E-state index in [0.29, 0.717) is 31.7 Å². The zero-order valence-electron chi connectivity index (χ0n) is 10.7. The van der Waals surface area contributed by atoms with Crippen LogP contribution >= 0.6 is 22.7 Å². The predicted octanol–water partition coefficient (Wildman–Crippen LogP) is 1.83. The number of nitrogens with zero attached hydrogens (tertiary/aromatic N) is 2. The number of amides is 2. The Kier molecular flexibility index (Phi) is 3.79. The highest BCUT2D eigenvalue weighted by Crippen LogP contribution is 2.26. The molecule has 1 N–H and O–H groups in total. The van der Waals surface area contributed by atoms with E-state index in [9.17, 15) is 9.59 Å². The number of aromatic nitrogens is 1. The molecule has 2 amide bonds. The van der Waals surface area contributed by atoms with E-state index in [1.54, 1.807) is 21.6 Å². The van der Waals surface area contributed by atoms with Crippen molar-refractivity contribution in [3.05, 3.63) is 27.9 Å². The summed E-state index contributed by atoms with van der Waals surface area (Å²) in [7, 11) is 0. The number of thiazole rings is 1. The summed E-state index contributed by atoms with van der Waals surface area (Å²) in [6, 6.07) is 1.99. The molecule has 1 saturated heterocycles. The first-order valence-electron chi connectivity index (χ1n) is 6.28. The van der Waals surface area contributed by atoms with E-state index in [1.807, 2.05) is 16.8 Å². The van der Waals surface area contributed by atoms with Crippen LogP contribution in [0.1, 0.15) is 16.9 Å². The number of hydrogen-bond acceptors (Lipinski definition) is 5. The average Bonchev–Trinajstić information content (AvgIpc) is 3.08. The second kappa shape index (κ2) is 5.72. The maximum absolute atomic E-state index is 12.4. The molecule has 1 aliphatic rings. The summed E-state index contributed by atoms with van der Waals surface area (Å²) in [5, 5.41) is 9.41. The zero-order valence-corrected chi connectivity index (χ0v) is 12.3. The standard InChI is InChI=1S/C13H13N3O2S2/c17-11-1-4-16(5-3-14-11)13(18)10-8-20-12(15-10)9-2-6-19-7-9/h2,6-8H,1,3-5H2,(H,14,17). The third kappa shape index (κ3) is 2.73. The minimum absolute atomic E-state index is 0.00228. The van der Waals surface area contributed by atoms with Crippen molar-refractivity contribution < 1.29 is 9.59 Å². The average molecular weight is 307 g/mol. The monoisotopic (exact) mass is 307 g/mol. The molecule has 0 radical (unpaired) electrons. The number of hydrogen-bond donors (Lipinski definition) is 1. The lowest BCUT2D eigenvalue weighted by Gasteiger charge is -2.17. The van der Waals surface area contributed by atoms with Crippen LogP contribution in [0.4, 0.5) is 0 Å². The Labute approximate surface area is 124 Å². The molecule has 0 bridgehead atoms. The third-order valence-electron chi connectivity index (χ3n) is 3.09. The molecule has 0 unspecified atom stereocenters. The van der Waals surface area contributed by atoms with E-state index >= 15 is 0 Å². The second-order valence-corrected chi connectivity index (χ2v) is 6.08. The number of rotatable bonds is 2. The number of carbonyl (C=O) groups is 2. The van der Waals surface area contributed by atoms with Crippen LogP contribution in [0.3, 0.4) is 0 Å². The largest absolute Gasteiger partial charge is 0.354 e. The Hall–Kier alpha value is -1.73. The molecule has 0 spiro atoms. The highest BCUT2D eigenvalue weighted by atomic mass is 32.1. The first kappa shape index (κ1) is 13.3. The van der Waals surface area contributed by atoms with Gasteiger partial charge in [0.15, 0.2) is 0 Å². The lowest BCUT2D eigenvalue weighted by molar-refractivity contribution is -0.120. The van der Waals surface area contributed by atoms with E-state index in [-0.39, 0.29) is 11.8 Å². The minimum atomic E-state index is -0.0979. The van der Waals surface area contributed by atoms with Gasteiger partial charge in [0, 0.05) is 42.4 Å². The van der Waals surface area contributed by atoms with Gasteiger partial charge in [-0.1, -0.05) is 0 Å². The molecule has 1 fully saturated rings. The highest BCUT2D eigenvalue weighted by Gasteiger charge is 2.22. The minimum Gasteiger partial charge on any atom is -0.354 e. The second-order valence-electron chi connectivity index (χ2n) is 4.44. The third-order valence-corrected chi connectivity index (χ3v) is 4.67. The normalized spacial score (nSPS) is 15.8. The molecule has 0 aliphatic carbocycles. The van der Waals surface area contributed by atoms with Crippen molar-refractivity contribution in [2.75, 3.05) is 19.6 Å². The number of thiophene rings is 1. The molecule has 104 valence electrons. The van der Waals surface area contributed by atoms with Crippen molar-refractivity contribution in [3.63, 3.8) is 0 Å². The van der Waals surface area contributed by atoms with Crippen LogP contribution in [0.5, 0.6) is 0 Å². The summed E-state index contributed by atoms with van der Waals surface area (Å²) >= 11 is 3.08. The van der Waals surface area contributed by atoms with Crippen LogP contribution < -0.4 is 5.32 Å². The summed E-state index contributed by atoms with van der Waals surface area (Å²) in [5.41, 5.74) is 1.51. The van der Waals surface area contributed by atoms with Crippen molar-refractivity contribution in [2.45, 2.75) is 6.42 Å². The molecule has 0 atom stereocenters. The molecule has 3 heterocycles. The molecule has 2 aromatic rings. The van der Waals surface area contributed by atoms with Gasteiger partial charge in [0.25, 0.3) is 5.91 Å². The Bertz CT molecular complexity index is 621. The lowest BCUT2D eigenvalue weighted by Crippen LogP contribution is -2.34. The van der Waals surface area contributed by atoms with Gasteiger partial charge in [0.1, 0.15) is 10.7 Å². The summed E-state index contributed by atoms with van der Waals surface area (Å²) in [6.07, 6.45) is 0.354. The molecule has 0 aromatic carbocycles. The SMILES string of the molecule is O=C1CCN(C(=O)c2csc(-c3ccsc3)n2)CCN1. The van der Waals surface area contributed by atoms with Gasteiger partial charge in [0.2, 0.25) is 5.91 Å². The zero-order chi connectivity index (χ0) is 13.9. The van der Waals surface area contributed by atoms with Crippen molar-refractivity contribution in [2.24, 2.45) is 0 Å². The van der Waals surface area contributed by atoms with Crippen LogP contribution in [0.15, 0.2) is 22.2 Å². The van der Waals surface area contributed by atoms with Gasteiger partial charge in [-0.25, -0.2) is 4.98 Å². The van der Waals surface area contributed by atoms with Gasteiger partial charge >= 0.3 is 0 Å². The number of nitrogens with one attached hydrogen (secondary N) is 1. The van der Waals surface area contributed by atoms with Crippen LogP contribution in [-0.4, -0.2) is 41.3 Å². The smallest absolute Gasteiger partial charge is 0.273 e. The Morgan fingerprint density at radius 3 is 3.05 bits per heavy atom. The Balaban J connectivity index is 1.75. The van der Waals surface area contributed by atoms with E-state index in [2.05, 4.69) is 10.3 Å². The van der Waals surface area contributed by atoms with E-state index < -0.39 is 0 Å². The van der Waals surface area contributed by atoms with E-state index in [4.69, 9.17) is 0 Å². The van der Waals surface area contributed by atoms with Crippen molar-refractivity contribution >= 4 is 34.5 Å². The van der Waals surface area contributed by atoms with Crippen LogP contribution in [-0.2, 0) is 4.79 Å². The van der Waals surface area contributed by atoms with Gasteiger partial charge in [-0.2, -0.15) is 11.3 Å². The molecule has 2 aromatic heterocycles. The first-order valence-corrected chi connectivity index (χ1v) is 8.10. The van der Waals surface area contributed by atoms with Gasteiger partial charge in [-0.15, -0.1) is 11.3 Å². The molecule has 7 heteroatoms. The molecular weight excluding hydrogens is 294 g/mol.